The zero-order valence-corrected chi connectivity index (χ0v) is 12.7. The van der Waals surface area contributed by atoms with Crippen molar-refractivity contribution in [2.24, 2.45) is 4.99 Å². The highest BCUT2D eigenvalue weighted by Crippen LogP contribution is 2.21. The zero-order valence-electron chi connectivity index (χ0n) is 12.7. The average molecular weight is 329 g/mol. The van der Waals surface area contributed by atoms with Gasteiger partial charge in [-0.15, -0.1) is 0 Å². The number of nitrogens with zero attached hydrogens (tertiary/aromatic N) is 1. The van der Waals surface area contributed by atoms with Crippen LogP contribution in [0.25, 0.3) is 6.08 Å². The van der Waals surface area contributed by atoms with Crippen LogP contribution >= 0.6 is 0 Å². The van der Waals surface area contributed by atoms with E-state index in [1.165, 1.54) is 18.2 Å². The third kappa shape index (κ3) is 3.65. The molecule has 1 aliphatic rings. The number of rotatable bonds is 4. The molecule has 0 spiro atoms. The molecule has 1 heterocycles. The molecule has 0 fully saturated rings. The summed E-state index contributed by atoms with van der Waals surface area (Å²) in [5, 5.41) is 0. The summed E-state index contributed by atoms with van der Waals surface area (Å²) in [7, 11) is 0. The summed E-state index contributed by atoms with van der Waals surface area (Å²) >= 11 is 0. The van der Waals surface area contributed by atoms with Gasteiger partial charge in [0, 0.05) is 5.56 Å². The van der Waals surface area contributed by atoms with E-state index in [1.807, 2.05) is 25.1 Å². The third-order valence-electron chi connectivity index (χ3n) is 3.29. The lowest BCUT2D eigenvalue weighted by atomic mass is 10.1. The molecule has 0 aromatic heterocycles. The van der Waals surface area contributed by atoms with E-state index >= 15 is 0 Å². The maximum Gasteiger partial charge on any atom is 0.387 e. The fourth-order valence-electron chi connectivity index (χ4n) is 2.21. The Morgan fingerprint density at radius 2 is 1.92 bits per heavy atom. The summed E-state index contributed by atoms with van der Waals surface area (Å²) in [6, 6.07) is 13.3. The summed E-state index contributed by atoms with van der Waals surface area (Å²) in [5.41, 5.74) is 2.51. The van der Waals surface area contributed by atoms with E-state index in [0.717, 1.165) is 5.56 Å². The van der Waals surface area contributed by atoms with E-state index in [2.05, 4.69) is 9.73 Å². The van der Waals surface area contributed by atoms with Crippen LogP contribution in [0.15, 0.2) is 59.2 Å². The van der Waals surface area contributed by atoms with Crippen molar-refractivity contribution in [2.45, 2.75) is 13.5 Å². The van der Waals surface area contributed by atoms with Gasteiger partial charge in [0.25, 0.3) is 0 Å². The smallest absolute Gasteiger partial charge is 0.387 e. The predicted octanol–water partition coefficient (Wildman–Crippen LogP) is 3.94. The molecule has 4 nitrogen and oxygen atoms in total. The minimum Gasteiger partial charge on any atom is -0.435 e. The molecule has 0 radical (unpaired) electrons. The monoisotopic (exact) mass is 329 g/mol. The second-order valence-corrected chi connectivity index (χ2v) is 5.15. The average Bonchev–Trinajstić information content (AvgIpc) is 2.90. The lowest BCUT2D eigenvalue weighted by molar-refractivity contribution is -0.129. The number of esters is 1. The lowest BCUT2D eigenvalue weighted by Crippen LogP contribution is -2.05. The number of aryl methyl sites for hydroxylation is 1. The molecule has 0 saturated heterocycles. The minimum absolute atomic E-state index is 0.0464. The summed E-state index contributed by atoms with van der Waals surface area (Å²) in [5.74, 6) is -0.267. The number of aliphatic imine (C=N–C) groups is 1. The number of benzene rings is 2. The number of alkyl halides is 2. The van der Waals surface area contributed by atoms with E-state index in [-0.39, 0.29) is 17.3 Å². The highest BCUT2D eigenvalue weighted by Gasteiger charge is 2.24. The quantitative estimate of drug-likeness (QED) is 0.630. The number of halogens is 2. The Labute approximate surface area is 137 Å². The number of carbonyl (C=O) groups excluding carboxylic acids is 1. The zero-order chi connectivity index (χ0) is 17.1. The van der Waals surface area contributed by atoms with Gasteiger partial charge < -0.3 is 9.47 Å². The largest absolute Gasteiger partial charge is 0.435 e. The number of hydrogen-bond donors (Lipinski definition) is 0. The predicted molar refractivity (Wildman–Crippen MR) is 84.9 cm³/mol. The number of hydrogen-bond acceptors (Lipinski definition) is 4. The van der Waals surface area contributed by atoms with Crippen LogP contribution in [0.2, 0.25) is 0 Å². The Morgan fingerprint density at radius 1 is 1.17 bits per heavy atom. The minimum atomic E-state index is -2.87. The van der Waals surface area contributed by atoms with Crippen molar-refractivity contribution in [3.63, 3.8) is 0 Å². The maximum absolute atomic E-state index is 12.1. The van der Waals surface area contributed by atoms with Gasteiger partial charge in [-0.2, -0.15) is 8.78 Å². The SMILES string of the molecule is Cc1cccc(C2=N/C(=C\c3ccc(OC(F)F)cc3)C(=O)O2)c1. The topological polar surface area (TPSA) is 47.9 Å². The first-order valence-electron chi connectivity index (χ1n) is 7.16. The molecule has 2 aromatic rings. The Hall–Kier alpha value is -3.02. The van der Waals surface area contributed by atoms with Crippen LogP contribution in [0, 0.1) is 6.92 Å². The number of ether oxygens (including phenoxy) is 2. The molecular formula is C18H13F2NO3. The standard InChI is InChI=1S/C18H13F2NO3/c1-11-3-2-4-13(9-11)16-21-15(17(22)24-16)10-12-5-7-14(8-6-12)23-18(19)20/h2-10,18H,1H3/b15-10-. The fourth-order valence-corrected chi connectivity index (χ4v) is 2.21. The summed E-state index contributed by atoms with van der Waals surface area (Å²) < 4.78 is 33.7. The lowest BCUT2D eigenvalue weighted by Gasteiger charge is -2.03. The van der Waals surface area contributed by atoms with Gasteiger partial charge in [0.2, 0.25) is 5.90 Å². The van der Waals surface area contributed by atoms with Crippen LogP contribution in [0.1, 0.15) is 16.7 Å². The Kier molecular flexibility index (Phi) is 4.37. The second-order valence-electron chi connectivity index (χ2n) is 5.15. The highest BCUT2D eigenvalue weighted by molar-refractivity contribution is 6.12. The summed E-state index contributed by atoms with van der Waals surface area (Å²) in [6.45, 7) is -0.943. The van der Waals surface area contributed by atoms with Gasteiger partial charge in [-0.1, -0.05) is 29.8 Å². The van der Waals surface area contributed by atoms with Crippen molar-refractivity contribution < 1.29 is 23.0 Å². The number of cyclic esters (lactones) is 1. The second kappa shape index (κ2) is 6.62. The van der Waals surface area contributed by atoms with Crippen LogP contribution in [0.5, 0.6) is 5.75 Å². The first-order valence-corrected chi connectivity index (χ1v) is 7.16. The van der Waals surface area contributed by atoms with Crippen molar-refractivity contribution in [2.75, 3.05) is 0 Å². The van der Waals surface area contributed by atoms with Crippen LogP contribution in [0.4, 0.5) is 8.78 Å². The first kappa shape index (κ1) is 15.9. The van der Waals surface area contributed by atoms with Crippen LogP contribution in [-0.4, -0.2) is 18.5 Å². The van der Waals surface area contributed by atoms with Gasteiger partial charge >= 0.3 is 12.6 Å². The molecule has 24 heavy (non-hydrogen) atoms. The van der Waals surface area contributed by atoms with E-state index in [1.54, 1.807) is 18.2 Å². The van der Waals surface area contributed by atoms with Gasteiger partial charge in [0.1, 0.15) is 5.75 Å². The molecule has 6 heteroatoms. The Balaban J connectivity index is 1.83. The normalized spacial score (nSPS) is 15.6. The molecule has 1 aliphatic heterocycles. The molecule has 0 aliphatic carbocycles. The molecule has 0 bridgehead atoms. The van der Waals surface area contributed by atoms with Crippen molar-refractivity contribution in [3.8, 4) is 5.75 Å². The van der Waals surface area contributed by atoms with Crippen LogP contribution in [0.3, 0.4) is 0 Å². The third-order valence-corrected chi connectivity index (χ3v) is 3.29. The van der Waals surface area contributed by atoms with Gasteiger partial charge in [0.05, 0.1) is 0 Å². The van der Waals surface area contributed by atoms with Gasteiger partial charge in [-0.3, -0.25) is 0 Å². The van der Waals surface area contributed by atoms with Crippen molar-refractivity contribution in [3.05, 3.63) is 70.9 Å². The van der Waals surface area contributed by atoms with Crippen molar-refractivity contribution in [1.29, 1.82) is 0 Å². The van der Waals surface area contributed by atoms with Crippen LogP contribution in [-0.2, 0) is 9.53 Å². The summed E-state index contributed by atoms with van der Waals surface area (Å²) in [4.78, 5) is 16.1. The van der Waals surface area contributed by atoms with Gasteiger partial charge in [-0.05, 0) is 42.8 Å². The van der Waals surface area contributed by atoms with Gasteiger partial charge in [0.15, 0.2) is 5.70 Å². The van der Waals surface area contributed by atoms with E-state index in [0.29, 0.717) is 11.1 Å². The molecular weight excluding hydrogens is 316 g/mol. The molecule has 122 valence electrons. The first-order chi connectivity index (χ1) is 11.5. The molecule has 0 N–H and O–H groups in total. The molecule has 3 rings (SSSR count). The van der Waals surface area contributed by atoms with E-state index < -0.39 is 12.6 Å². The summed E-state index contributed by atoms with van der Waals surface area (Å²) in [6.07, 6.45) is 1.53. The van der Waals surface area contributed by atoms with Crippen molar-refractivity contribution >= 4 is 17.9 Å². The number of carbonyl (C=O) groups is 1. The van der Waals surface area contributed by atoms with E-state index in [4.69, 9.17) is 4.74 Å². The molecule has 0 unspecified atom stereocenters. The Bertz CT molecular complexity index is 826. The maximum atomic E-state index is 12.1. The fraction of sp³-hybridized carbons (Fsp3) is 0.111. The van der Waals surface area contributed by atoms with Crippen LogP contribution < -0.4 is 4.74 Å². The van der Waals surface area contributed by atoms with Gasteiger partial charge in [-0.25, -0.2) is 9.79 Å². The molecule has 0 amide bonds. The Morgan fingerprint density at radius 3 is 2.58 bits per heavy atom. The molecule has 0 atom stereocenters. The molecule has 2 aromatic carbocycles. The van der Waals surface area contributed by atoms with Crippen molar-refractivity contribution in [1.82, 2.24) is 0 Å². The highest BCUT2D eigenvalue weighted by atomic mass is 19.3. The molecule has 0 saturated carbocycles. The van der Waals surface area contributed by atoms with E-state index in [9.17, 15) is 13.6 Å².